The fraction of sp³-hybridized carbons (Fsp3) is 0.129. The molecule has 0 saturated carbocycles. The van der Waals surface area contributed by atoms with Gasteiger partial charge in [-0.15, -0.1) is 0 Å². The van der Waals surface area contributed by atoms with E-state index in [1.54, 1.807) is 0 Å². The van der Waals surface area contributed by atoms with Gasteiger partial charge in [-0.25, -0.2) is 0 Å². The summed E-state index contributed by atoms with van der Waals surface area (Å²) in [5.74, 6) is 0. The van der Waals surface area contributed by atoms with Gasteiger partial charge in [0.05, 0.1) is 0 Å². The van der Waals surface area contributed by atoms with E-state index >= 15 is 0 Å². The molecule has 0 aromatic heterocycles. The summed E-state index contributed by atoms with van der Waals surface area (Å²) in [5, 5.41) is 10.1. The maximum Gasteiger partial charge on any atom is -0.00268 e. The van der Waals surface area contributed by atoms with Crippen molar-refractivity contribution in [1.29, 1.82) is 0 Å². The molecule has 300 valence electrons. The minimum atomic E-state index is 0.0402. The second-order valence-corrected chi connectivity index (χ2v) is 18.9. The van der Waals surface area contributed by atoms with Crippen LogP contribution < -0.4 is 0 Å². The summed E-state index contributed by atoms with van der Waals surface area (Å²) < 4.78 is 0. The lowest BCUT2D eigenvalue weighted by atomic mass is 9.81. The normalized spacial score (nSPS) is 12.6. The van der Waals surface area contributed by atoms with E-state index in [1.807, 2.05) is 0 Å². The summed E-state index contributed by atoms with van der Waals surface area (Å²) >= 11 is 0. The maximum atomic E-state index is 2.35. The Morgan fingerprint density at radius 1 is 0.274 bits per heavy atom. The third-order valence-electron chi connectivity index (χ3n) is 12.8. The van der Waals surface area contributed by atoms with E-state index in [9.17, 15) is 0 Å². The number of benzene rings is 10. The Labute approximate surface area is 366 Å². The van der Waals surface area contributed by atoms with Crippen LogP contribution in [-0.4, -0.2) is 0 Å². The standard InChI is InChI=1S/C62H52/c1-61(2,3)51-35-31-43(32-36-51)57(41-23-27-45(28-24-41)59-53-19-11-7-15-47(53)39-48-16-8-12-20-54(48)59)58(44-33-37-52(38-34-44)62(4,5)6)42-25-29-46(30-26-42)60-55-21-13-9-17-49(55)40-50-18-10-14-22-56(50)60/h7-40H,1-6H3/b58-57+. The summed E-state index contributed by atoms with van der Waals surface area (Å²) in [5.41, 5.74) is 14.9. The lowest BCUT2D eigenvalue weighted by Gasteiger charge is -2.23. The van der Waals surface area contributed by atoms with Crippen LogP contribution in [0.1, 0.15) is 74.9 Å². The predicted octanol–water partition coefficient (Wildman–Crippen LogP) is 17.2. The van der Waals surface area contributed by atoms with Crippen LogP contribution in [0, 0.1) is 0 Å². The molecule has 0 fully saturated rings. The van der Waals surface area contributed by atoms with Gasteiger partial charge in [0.15, 0.2) is 0 Å². The molecule has 10 rings (SSSR count). The van der Waals surface area contributed by atoms with Crippen LogP contribution in [-0.2, 0) is 10.8 Å². The average molecular weight is 797 g/mol. The van der Waals surface area contributed by atoms with Gasteiger partial charge < -0.3 is 0 Å². The van der Waals surface area contributed by atoms with Gasteiger partial charge in [-0.05, 0) is 133 Å². The number of rotatable bonds is 6. The highest BCUT2D eigenvalue weighted by atomic mass is 14.3. The summed E-state index contributed by atoms with van der Waals surface area (Å²) in [6.45, 7) is 13.7. The number of hydrogen-bond acceptors (Lipinski definition) is 0. The minimum absolute atomic E-state index is 0.0402. The van der Waals surface area contributed by atoms with Crippen LogP contribution in [0.3, 0.4) is 0 Å². The first-order valence-corrected chi connectivity index (χ1v) is 22.0. The van der Waals surface area contributed by atoms with E-state index in [4.69, 9.17) is 0 Å². The quantitative estimate of drug-likeness (QED) is 0.116. The van der Waals surface area contributed by atoms with Gasteiger partial charge in [-0.1, -0.05) is 236 Å². The maximum absolute atomic E-state index is 2.35. The van der Waals surface area contributed by atoms with Crippen LogP contribution in [0.15, 0.2) is 206 Å². The largest absolute Gasteiger partial charge is 0.0616 e. The molecule has 0 heterocycles. The van der Waals surface area contributed by atoms with Crippen molar-refractivity contribution in [1.82, 2.24) is 0 Å². The second-order valence-electron chi connectivity index (χ2n) is 18.9. The molecule has 62 heavy (non-hydrogen) atoms. The Morgan fingerprint density at radius 3 is 0.774 bits per heavy atom. The van der Waals surface area contributed by atoms with Crippen molar-refractivity contribution in [2.24, 2.45) is 0 Å². The minimum Gasteiger partial charge on any atom is -0.0616 e. The Kier molecular flexibility index (Phi) is 9.76. The van der Waals surface area contributed by atoms with Gasteiger partial charge in [-0.3, -0.25) is 0 Å². The van der Waals surface area contributed by atoms with Gasteiger partial charge in [0.25, 0.3) is 0 Å². The van der Waals surface area contributed by atoms with Crippen LogP contribution in [0.25, 0.3) is 76.5 Å². The molecular weight excluding hydrogens is 745 g/mol. The molecule has 0 aliphatic carbocycles. The SMILES string of the molecule is CC(C)(C)c1ccc(/C(=C(\c2ccc(-c3c4ccccc4cc4ccccc34)cc2)c2ccc(C(C)(C)C)cc2)c2ccc(-c3c4ccccc4cc4ccccc34)cc2)cc1. The highest BCUT2D eigenvalue weighted by Crippen LogP contribution is 2.43. The van der Waals surface area contributed by atoms with Crippen molar-refractivity contribution in [3.05, 3.63) is 240 Å². The summed E-state index contributed by atoms with van der Waals surface area (Å²) in [4.78, 5) is 0. The van der Waals surface area contributed by atoms with E-state index in [1.165, 1.54) is 110 Å². The van der Waals surface area contributed by atoms with Crippen molar-refractivity contribution in [2.75, 3.05) is 0 Å². The van der Waals surface area contributed by atoms with Gasteiger partial charge in [0, 0.05) is 0 Å². The topological polar surface area (TPSA) is 0 Å². The summed E-state index contributed by atoms with van der Waals surface area (Å²) in [7, 11) is 0. The highest BCUT2D eigenvalue weighted by Gasteiger charge is 2.21. The Balaban J connectivity index is 1.21. The van der Waals surface area contributed by atoms with E-state index in [0.717, 1.165) is 0 Å². The molecule has 0 nitrogen and oxygen atoms in total. The molecule has 0 N–H and O–H groups in total. The van der Waals surface area contributed by atoms with Crippen LogP contribution in [0.4, 0.5) is 0 Å². The predicted molar refractivity (Wildman–Crippen MR) is 269 cm³/mol. The Morgan fingerprint density at radius 2 is 0.516 bits per heavy atom. The Hall–Kier alpha value is -7.02. The molecule has 0 saturated heterocycles. The van der Waals surface area contributed by atoms with Crippen molar-refractivity contribution in [3.8, 4) is 22.3 Å². The number of fused-ring (bicyclic) bond motifs is 4. The van der Waals surface area contributed by atoms with E-state index in [2.05, 4.69) is 248 Å². The first kappa shape index (κ1) is 39.1. The van der Waals surface area contributed by atoms with Crippen LogP contribution >= 0.6 is 0 Å². The third kappa shape index (κ3) is 7.20. The van der Waals surface area contributed by atoms with Crippen LogP contribution in [0.5, 0.6) is 0 Å². The zero-order valence-corrected chi connectivity index (χ0v) is 36.6. The second kappa shape index (κ2) is 15.5. The van der Waals surface area contributed by atoms with E-state index < -0.39 is 0 Å². The van der Waals surface area contributed by atoms with Crippen molar-refractivity contribution >= 4 is 54.2 Å². The van der Waals surface area contributed by atoms with Crippen LogP contribution in [0.2, 0.25) is 0 Å². The molecule has 0 bridgehead atoms. The first-order chi connectivity index (χ1) is 30.0. The monoisotopic (exact) mass is 796 g/mol. The molecule has 10 aromatic carbocycles. The molecule has 0 amide bonds. The first-order valence-electron chi connectivity index (χ1n) is 22.0. The van der Waals surface area contributed by atoms with Crippen molar-refractivity contribution < 1.29 is 0 Å². The lowest BCUT2D eigenvalue weighted by Crippen LogP contribution is -2.11. The molecule has 0 radical (unpaired) electrons. The smallest absolute Gasteiger partial charge is 0.00268 e. The molecular formula is C62H52. The van der Waals surface area contributed by atoms with Gasteiger partial charge in [-0.2, -0.15) is 0 Å². The third-order valence-corrected chi connectivity index (χ3v) is 12.8. The fourth-order valence-electron chi connectivity index (χ4n) is 9.44. The van der Waals surface area contributed by atoms with Crippen molar-refractivity contribution in [3.63, 3.8) is 0 Å². The molecule has 0 heteroatoms. The zero-order valence-electron chi connectivity index (χ0n) is 36.6. The number of hydrogen-bond donors (Lipinski definition) is 0. The summed E-state index contributed by atoms with van der Waals surface area (Å²) in [6.07, 6.45) is 0. The summed E-state index contributed by atoms with van der Waals surface area (Å²) in [6, 6.07) is 77.1. The highest BCUT2D eigenvalue weighted by molar-refractivity contribution is 6.14. The van der Waals surface area contributed by atoms with Gasteiger partial charge in [0.2, 0.25) is 0 Å². The molecule has 0 atom stereocenters. The van der Waals surface area contributed by atoms with Gasteiger partial charge >= 0.3 is 0 Å². The average Bonchev–Trinajstić information content (AvgIpc) is 3.29. The molecule has 0 spiro atoms. The fourth-order valence-corrected chi connectivity index (χ4v) is 9.44. The van der Waals surface area contributed by atoms with E-state index in [-0.39, 0.29) is 10.8 Å². The van der Waals surface area contributed by atoms with E-state index in [0.29, 0.717) is 0 Å². The molecule has 0 unspecified atom stereocenters. The molecule has 0 aliphatic heterocycles. The Bertz CT molecular complexity index is 2960. The lowest BCUT2D eigenvalue weighted by molar-refractivity contribution is 0.590. The van der Waals surface area contributed by atoms with Crippen molar-refractivity contribution in [2.45, 2.75) is 52.4 Å². The van der Waals surface area contributed by atoms with Gasteiger partial charge in [0.1, 0.15) is 0 Å². The zero-order chi connectivity index (χ0) is 42.6. The molecule has 0 aliphatic rings. The molecule has 10 aromatic rings.